The van der Waals surface area contributed by atoms with Crippen LogP contribution < -0.4 is 14.4 Å². The van der Waals surface area contributed by atoms with Crippen LogP contribution in [0.4, 0.5) is 10.1 Å². The summed E-state index contributed by atoms with van der Waals surface area (Å²) in [5.74, 6) is 0.357. The van der Waals surface area contributed by atoms with Crippen LogP contribution in [0.1, 0.15) is 36.2 Å². The van der Waals surface area contributed by atoms with Gasteiger partial charge in [0.05, 0.1) is 35.1 Å². The van der Waals surface area contributed by atoms with Crippen molar-refractivity contribution in [2.75, 3.05) is 31.3 Å². The quantitative estimate of drug-likeness (QED) is 0.139. The number of carbonyl (C=O) groups is 1. The number of nitriles is 1. The van der Waals surface area contributed by atoms with Crippen molar-refractivity contribution in [2.24, 2.45) is 0 Å². The summed E-state index contributed by atoms with van der Waals surface area (Å²) in [6.45, 7) is 4.03. The van der Waals surface area contributed by atoms with Crippen LogP contribution in [0, 0.1) is 17.1 Å². The Hall–Kier alpha value is -5.31. The number of rotatable bonds is 10. The minimum Gasteiger partial charge on any atom is -0.496 e. The highest BCUT2D eigenvalue weighted by atomic mass is 32.2. The minimum absolute atomic E-state index is 0.283. The summed E-state index contributed by atoms with van der Waals surface area (Å²) in [6.07, 6.45) is 2.43. The van der Waals surface area contributed by atoms with E-state index in [9.17, 15) is 19.6 Å². The molecule has 0 fully saturated rings. The van der Waals surface area contributed by atoms with Gasteiger partial charge in [0.25, 0.3) is 5.91 Å². The predicted molar refractivity (Wildman–Crippen MR) is 186 cm³/mol. The standard InChI is InChI=1S/C37H33FN4O5S/c1-37(2,44)15-16-42(48-5)28-19-31-26(32(35(43)40-3)34(46-31)21-9-12-24(38)13-10-21)18-25(28)22-11-14-29(45-4)27(17-22)36-41-33-23(20-39)7-6-8-30(33)47-36/h6-14,17-19,44H,15-16H2,1-5H3,(H,40,43). The van der Waals surface area contributed by atoms with Crippen LogP contribution in [0.5, 0.6) is 5.75 Å². The van der Waals surface area contributed by atoms with E-state index in [0.717, 1.165) is 16.8 Å². The smallest absolute Gasteiger partial charge is 0.255 e. The number of aliphatic hydroxyl groups is 1. The molecule has 2 heterocycles. The van der Waals surface area contributed by atoms with E-state index in [1.807, 2.05) is 36.6 Å². The molecule has 48 heavy (non-hydrogen) atoms. The van der Waals surface area contributed by atoms with Gasteiger partial charge in [-0.25, -0.2) is 9.37 Å². The fraction of sp³-hybridized carbons (Fsp3) is 0.216. The van der Waals surface area contributed by atoms with Crippen molar-refractivity contribution in [1.82, 2.24) is 10.3 Å². The van der Waals surface area contributed by atoms with Crippen LogP contribution in [0.15, 0.2) is 81.6 Å². The van der Waals surface area contributed by atoms with E-state index >= 15 is 0 Å². The number of oxazole rings is 1. The SMILES string of the molecule is CNC(=O)c1c(-c2ccc(F)cc2)oc2cc(N(CCC(C)(C)O)SC)c(-c3ccc(OC)c(-c4nc5c(C#N)cccc5o4)c3)cc12. The number of carbonyl (C=O) groups excluding carboxylic acids is 1. The van der Waals surface area contributed by atoms with Crippen LogP contribution in [0.25, 0.3) is 56.0 Å². The first kappa shape index (κ1) is 32.6. The Morgan fingerprint density at radius 1 is 1.06 bits per heavy atom. The van der Waals surface area contributed by atoms with Gasteiger partial charge in [-0.05, 0) is 80.4 Å². The molecule has 0 saturated heterocycles. The summed E-state index contributed by atoms with van der Waals surface area (Å²) in [6, 6.07) is 22.6. The highest BCUT2D eigenvalue weighted by Gasteiger charge is 2.26. The lowest BCUT2D eigenvalue weighted by Crippen LogP contribution is -2.27. The number of fused-ring (bicyclic) bond motifs is 2. The lowest BCUT2D eigenvalue weighted by atomic mass is 9.96. The predicted octanol–water partition coefficient (Wildman–Crippen LogP) is 8.20. The molecule has 6 rings (SSSR count). The molecule has 0 aliphatic carbocycles. The first-order valence-corrected chi connectivity index (χ1v) is 16.3. The Morgan fingerprint density at radius 2 is 1.81 bits per heavy atom. The minimum atomic E-state index is -0.909. The van der Waals surface area contributed by atoms with Crippen molar-refractivity contribution < 1.29 is 27.9 Å². The van der Waals surface area contributed by atoms with E-state index in [-0.39, 0.29) is 11.8 Å². The number of hydrogen-bond donors (Lipinski definition) is 2. The van der Waals surface area contributed by atoms with E-state index in [1.165, 1.54) is 24.1 Å². The Bertz CT molecular complexity index is 2190. The van der Waals surface area contributed by atoms with Gasteiger partial charge in [-0.15, -0.1) is 0 Å². The van der Waals surface area contributed by atoms with E-state index in [1.54, 1.807) is 58.3 Å². The maximum absolute atomic E-state index is 13.8. The van der Waals surface area contributed by atoms with Crippen LogP contribution >= 0.6 is 11.9 Å². The summed E-state index contributed by atoms with van der Waals surface area (Å²) in [4.78, 5) is 18.1. The zero-order valence-corrected chi connectivity index (χ0v) is 27.9. The number of methoxy groups -OCH3 is 1. The second-order valence-corrected chi connectivity index (χ2v) is 12.6. The molecular weight excluding hydrogens is 631 g/mol. The number of hydrogen-bond acceptors (Lipinski definition) is 9. The topological polar surface area (TPSA) is 125 Å². The molecule has 2 N–H and O–H groups in total. The molecular formula is C37H33FN4O5S. The fourth-order valence-corrected chi connectivity index (χ4v) is 6.23. The van der Waals surface area contributed by atoms with E-state index in [4.69, 9.17) is 13.6 Å². The van der Waals surface area contributed by atoms with Crippen molar-refractivity contribution in [2.45, 2.75) is 25.9 Å². The summed E-state index contributed by atoms with van der Waals surface area (Å²) in [5, 5.41) is 23.5. The molecule has 0 aliphatic heterocycles. The number of nitrogens with one attached hydrogen (secondary N) is 1. The monoisotopic (exact) mass is 664 g/mol. The number of nitrogens with zero attached hydrogens (tertiary/aromatic N) is 3. The molecule has 2 aromatic heterocycles. The third-order valence-corrected chi connectivity index (χ3v) is 8.88. The maximum atomic E-state index is 13.8. The number of aromatic nitrogens is 1. The van der Waals surface area contributed by atoms with Crippen LogP contribution in [0.3, 0.4) is 0 Å². The normalized spacial score (nSPS) is 11.5. The van der Waals surface area contributed by atoms with Gasteiger partial charge in [0.1, 0.15) is 34.5 Å². The fourth-order valence-electron chi connectivity index (χ4n) is 5.61. The Labute approximate surface area is 281 Å². The van der Waals surface area contributed by atoms with Gasteiger partial charge in [0.15, 0.2) is 5.58 Å². The van der Waals surface area contributed by atoms with Gasteiger partial charge in [-0.2, -0.15) is 5.26 Å². The molecule has 0 atom stereocenters. The summed E-state index contributed by atoms with van der Waals surface area (Å²) < 4.78 is 34.1. The van der Waals surface area contributed by atoms with Crippen molar-refractivity contribution in [1.29, 1.82) is 5.26 Å². The number of halogens is 1. The maximum Gasteiger partial charge on any atom is 0.255 e. The number of benzene rings is 4. The summed E-state index contributed by atoms with van der Waals surface area (Å²) in [5.41, 5.74) is 4.62. The van der Waals surface area contributed by atoms with Gasteiger partial charge in [-0.1, -0.05) is 24.1 Å². The van der Waals surface area contributed by atoms with Crippen molar-refractivity contribution in [3.05, 3.63) is 89.7 Å². The third kappa shape index (κ3) is 6.20. The number of anilines is 1. The molecule has 0 radical (unpaired) electrons. The average molecular weight is 665 g/mol. The van der Waals surface area contributed by atoms with Gasteiger partial charge in [0.2, 0.25) is 5.89 Å². The second kappa shape index (κ2) is 13.1. The van der Waals surface area contributed by atoms with Crippen LogP contribution in [-0.4, -0.2) is 48.6 Å². The zero-order chi connectivity index (χ0) is 34.2. The average Bonchev–Trinajstić information content (AvgIpc) is 3.69. The number of furan rings is 1. The summed E-state index contributed by atoms with van der Waals surface area (Å²) >= 11 is 1.49. The highest BCUT2D eigenvalue weighted by molar-refractivity contribution is 8.00. The van der Waals surface area contributed by atoms with Gasteiger partial charge in [0, 0.05) is 42.4 Å². The van der Waals surface area contributed by atoms with E-state index in [2.05, 4.69) is 20.7 Å². The Balaban J connectivity index is 1.61. The van der Waals surface area contributed by atoms with Gasteiger partial charge >= 0.3 is 0 Å². The molecule has 0 unspecified atom stereocenters. The first-order chi connectivity index (χ1) is 23.0. The summed E-state index contributed by atoms with van der Waals surface area (Å²) in [7, 11) is 3.11. The molecule has 0 spiro atoms. The molecule has 6 aromatic rings. The van der Waals surface area contributed by atoms with Gasteiger partial charge in [-0.3, -0.25) is 4.79 Å². The molecule has 0 aliphatic rings. The van der Waals surface area contributed by atoms with Crippen LogP contribution in [0.2, 0.25) is 0 Å². The van der Waals surface area contributed by atoms with E-state index < -0.39 is 11.4 Å². The lowest BCUT2D eigenvalue weighted by molar-refractivity contribution is 0.0741. The third-order valence-electron chi connectivity index (χ3n) is 8.06. The number of amides is 1. The van der Waals surface area contributed by atoms with Crippen molar-refractivity contribution in [3.63, 3.8) is 0 Å². The van der Waals surface area contributed by atoms with Crippen molar-refractivity contribution in [3.8, 4) is 45.7 Å². The number of para-hydroxylation sites is 1. The first-order valence-electron chi connectivity index (χ1n) is 15.2. The number of ether oxygens (including phenoxy) is 1. The Morgan fingerprint density at radius 3 is 2.48 bits per heavy atom. The Kier molecular flexibility index (Phi) is 8.88. The largest absolute Gasteiger partial charge is 0.496 e. The second-order valence-electron chi connectivity index (χ2n) is 11.8. The molecule has 0 saturated carbocycles. The molecule has 244 valence electrons. The molecule has 4 aromatic carbocycles. The molecule has 11 heteroatoms. The van der Waals surface area contributed by atoms with Crippen molar-refractivity contribution >= 4 is 45.6 Å². The zero-order valence-electron chi connectivity index (χ0n) is 27.1. The van der Waals surface area contributed by atoms with Gasteiger partial charge < -0.3 is 28.3 Å². The molecule has 0 bridgehead atoms. The van der Waals surface area contributed by atoms with Crippen LogP contribution in [-0.2, 0) is 0 Å². The highest BCUT2D eigenvalue weighted by Crippen LogP contribution is 2.44. The lowest BCUT2D eigenvalue weighted by Gasteiger charge is -2.28. The van der Waals surface area contributed by atoms with E-state index in [0.29, 0.717) is 68.8 Å². The molecule has 1 amide bonds. The molecule has 9 nitrogen and oxygen atoms in total.